The maximum atomic E-state index is 8.64. The van der Waals surface area contributed by atoms with Gasteiger partial charge in [0.2, 0.25) is 17.5 Å². The molecular weight excluding hydrogens is 1110 g/mol. The van der Waals surface area contributed by atoms with Gasteiger partial charge in [0, 0.05) is 40.2 Å². The molecule has 0 fully saturated rings. The van der Waals surface area contributed by atoms with Gasteiger partial charge in [0.15, 0.2) is 11.5 Å². The van der Waals surface area contributed by atoms with Crippen molar-refractivity contribution in [1.29, 1.82) is 5.41 Å². The molecule has 6 N–H and O–H groups in total. The van der Waals surface area contributed by atoms with E-state index in [4.69, 9.17) is 38.6 Å². The number of nitrogens with one attached hydrogen (secondary N) is 2. The molecule has 458 valence electrons. The van der Waals surface area contributed by atoms with Crippen LogP contribution in [0.25, 0.3) is 21.8 Å². The van der Waals surface area contributed by atoms with E-state index in [2.05, 4.69) is 175 Å². The first-order valence-corrected chi connectivity index (χ1v) is 29.9. The van der Waals surface area contributed by atoms with Crippen LogP contribution in [0.15, 0.2) is 210 Å². The van der Waals surface area contributed by atoms with E-state index in [0.717, 1.165) is 71.9 Å². The maximum Gasteiger partial charge on any atom is 0.241 e. The Morgan fingerprint density at radius 1 is 0.427 bits per heavy atom. The molecule has 13 heteroatoms. The van der Waals surface area contributed by atoms with Crippen molar-refractivity contribution in [3.05, 3.63) is 267 Å². The Balaban J connectivity index is 0.00000466. The van der Waals surface area contributed by atoms with Crippen LogP contribution in [0, 0.1) is 5.41 Å². The Kier molecular flexibility index (Phi) is 20.8. The van der Waals surface area contributed by atoms with Gasteiger partial charge in [-0.15, -0.1) is 5.10 Å². The largest absolute Gasteiger partial charge is 0.489 e. The number of H-pyrrole nitrogens is 1. The van der Waals surface area contributed by atoms with E-state index in [1.807, 2.05) is 121 Å². The fourth-order valence-corrected chi connectivity index (χ4v) is 9.92. The molecule has 0 bridgehead atoms. The molecule has 89 heavy (non-hydrogen) atoms. The SMILES string of the molecule is C=N/N=C(\OCc1ccc(C(C)(C)C)cc1)c1ccc(COc2cc(COc3ccc4c(c3)[nH]c3ccccc34)cc(OCc3ccc(COC(=N)c4ccc(C(C)(C)C)cc4)cc3)c2Oc2ccc(COCc3ccc(C(C)(C)C)cc3)cc2)cc1.NN. The summed E-state index contributed by atoms with van der Waals surface area (Å²) in [5, 5.41) is 19.0. The Labute approximate surface area is 523 Å². The molecule has 0 saturated heterocycles. The first-order valence-electron chi connectivity index (χ1n) is 29.9. The van der Waals surface area contributed by atoms with Crippen LogP contribution in [0.5, 0.6) is 28.7 Å². The highest BCUT2D eigenvalue weighted by Crippen LogP contribution is 2.43. The molecule has 10 rings (SSSR count). The lowest BCUT2D eigenvalue weighted by molar-refractivity contribution is 0.107. The van der Waals surface area contributed by atoms with Crippen LogP contribution in [0.4, 0.5) is 0 Å². The number of nitrogens with zero attached hydrogens (tertiary/aromatic N) is 2. The smallest absolute Gasteiger partial charge is 0.241 e. The summed E-state index contributed by atoms with van der Waals surface area (Å²) in [5.41, 5.74) is 14.1. The number of fused-ring (bicyclic) bond motifs is 3. The first kappa shape index (κ1) is 64.0. The topological polar surface area (TPSA) is 181 Å². The van der Waals surface area contributed by atoms with Crippen molar-refractivity contribution in [2.24, 2.45) is 21.9 Å². The summed E-state index contributed by atoms with van der Waals surface area (Å²) in [5.74, 6) is 11.1. The highest BCUT2D eigenvalue weighted by Gasteiger charge is 2.21. The molecular formula is C76H82N6O7. The van der Waals surface area contributed by atoms with Gasteiger partial charge in [-0.1, -0.05) is 190 Å². The van der Waals surface area contributed by atoms with E-state index in [-0.39, 0.29) is 48.6 Å². The minimum Gasteiger partial charge on any atom is -0.489 e. The van der Waals surface area contributed by atoms with E-state index in [1.165, 1.54) is 16.7 Å². The molecule has 0 spiro atoms. The summed E-state index contributed by atoms with van der Waals surface area (Å²) >= 11 is 0. The van der Waals surface area contributed by atoms with E-state index in [0.29, 0.717) is 54.5 Å². The second kappa shape index (κ2) is 29.0. The Morgan fingerprint density at radius 3 is 1.37 bits per heavy atom. The highest BCUT2D eigenvalue weighted by atomic mass is 16.5. The van der Waals surface area contributed by atoms with Crippen molar-refractivity contribution < 1.29 is 33.2 Å². The average Bonchev–Trinajstić information content (AvgIpc) is 2.68. The summed E-state index contributed by atoms with van der Waals surface area (Å²) in [6, 6.07) is 67.1. The summed E-state index contributed by atoms with van der Waals surface area (Å²) in [6.07, 6.45) is 0. The van der Waals surface area contributed by atoms with Crippen LogP contribution in [-0.2, 0) is 76.7 Å². The number of hydrogen-bond acceptors (Lipinski definition) is 12. The zero-order valence-electron chi connectivity index (χ0n) is 52.6. The summed E-state index contributed by atoms with van der Waals surface area (Å²) < 4.78 is 45.4. The molecule has 0 atom stereocenters. The van der Waals surface area contributed by atoms with Crippen LogP contribution in [0.3, 0.4) is 0 Å². The molecule has 1 heterocycles. The van der Waals surface area contributed by atoms with E-state index in [9.17, 15) is 0 Å². The normalized spacial score (nSPS) is 11.8. The monoisotopic (exact) mass is 1190 g/mol. The zero-order valence-corrected chi connectivity index (χ0v) is 52.6. The molecule has 0 aliphatic carbocycles. The predicted molar refractivity (Wildman–Crippen MR) is 359 cm³/mol. The zero-order chi connectivity index (χ0) is 63.1. The molecule has 0 aliphatic rings. The molecule has 1 aromatic heterocycles. The Morgan fingerprint density at radius 2 is 0.843 bits per heavy atom. The second-order valence-corrected chi connectivity index (χ2v) is 25.1. The standard InChI is InChI=1S/C76H78N4O7.H4N2/c1-74(2,3)60-31-21-51(22-32-60)44-81-45-52-25-37-63(38-26-52)87-71-69(83-46-53-15-17-54(18-16-53)48-85-72(77)58-29-35-62(36-30-58)76(7,8)9)41-57(50-82-64-39-40-66-65-13-11-12-14-67(65)79-68(66)43-64)42-70(71)84-47-55-19-27-59(28-20-55)73(80-78-10)86-49-56-23-33-61(34-24-56)75(4,5)6;1-2/h11-43,77,79H,10,44-50H2,1-9H3;1-2H2/b77-72?,80-73-;. The average molecular weight is 1190 g/mol. The van der Waals surface area contributed by atoms with Crippen molar-refractivity contribution in [2.75, 3.05) is 0 Å². The number of nitrogens with two attached hydrogens (primary N) is 2. The molecule has 0 unspecified atom stereocenters. The lowest BCUT2D eigenvalue weighted by atomic mass is 9.87. The fourth-order valence-electron chi connectivity index (χ4n) is 9.92. The van der Waals surface area contributed by atoms with Gasteiger partial charge in [-0.2, -0.15) is 5.10 Å². The molecule has 10 aromatic rings. The van der Waals surface area contributed by atoms with Crippen LogP contribution in [0.1, 0.15) is 129 Å². The molecule has 0 amide bonds. The third-order valence-corrected chi connectivity index (χ3v) is 15.2. The molecule has 13 nitrogen and oxygen atoms in total. The molecule has 0 saturated carbocycles. The number of aromatic nitrogens is 1. The lowest BCUT2D eigenvalue weighted by Gasteiger charge is -2.20. The van der Waals surface area contributed by atoms with Crippen molar-refractivity contribution in [3.8, 4) is 28.7 Å². The minimum atomic E-state index is 0.0188. The van der Waals surface area contributed by atoms with Crippen LogP contribution < -0.4 is 30.6 Å². The highest BCUT2D eigenvalue weighted by molar-refractivity contribution is 6.07. The van der Waals surface area contributed by atoms with Crippen molar-refractivity contribution in [3.63, 3.8) is 0 Å². The van der Waals surface area contributed by atoms with Gasteiger partial charge in [0.1, 0.15) is 44.5 Å². The number of para-hydroxylation sites is 1. The Bertz CT molecular complexity index is 3990. The van der Waals surface area contributed by atoms with Crippen LogP contribution in [-0.4, -0.2) is 23.5 Å². The quantitative estimate of drug-likeness (QED) is 0.0222. The predicted octanol–water partition coefficient (Wildman–Crippen LogP) is 17.4. The summed E-state index contributed by atoms with van der Waals surface area (Å²) in [6.45, 7) is 25.5. The summed E-state index contributed by atoms with van der Waals surface area (Å²) in [7, 11) is 0. The third-order valence-electron chi connectivity index (χ3n) is 15.2. The van der Waals surface area contributed by atoms with Crippen LogP contribution >= 0.6 is 0 Å². The number of aromatic amines is 1. The third kappa shape index (κ3) is 17.4. The molecule has 0 aliphatic heterocycles. The number of hydrazine groups is 1. The molecule has 9 aromatic carbocycles. The molecule has 0 radical (unpaired) electrons. The van der Waals surface area contributed by atoms with Crippen molar-refractivity contribution >= 4 is 40.3 Å². The van der Waals surface area contributed by atoms with Crippen LogP contribution in [0.2, 0.25) is 0 Å². The minimum absolute atomic E-state index is 0.0188. The Hall–Kier alpha value is -9.53. The van der Waals surface area contributed by atoms with Gasteiger partial charge in [0.25, 0.3) is 0 Å². The first-order chi connectivity index (χ1) is 42.8. The van der Waals surface area contributed by atoms with Crippen molar-refractivity contribution in [2.45, 2.75) is 125 Å². The lowest BCUT2D eigenvalue weighted by Crippen LogP contribution is -2.12. The number of hydrogen-bond donors (Lipinski definition) is 4. The van der Waals surface area contributed by atoms with E-state index >= 15 is 0 Å². The van der Waals surface area contributed by atoms with Gasteiger partial charge in [-0.3, -0.25) is 17.1 Å². The maximum absolute atomic E-state index is 8.64. The number of ether oxygens (including phenoxy) is 7. The van der Waals surface area contributed by atoms with Gasteiger partial charge >= 0.3 is 0 Å². The van der Waals surface area contributed by atoms with Gasteiger partial charge < -0.3 is 38.1 Å². The summed E-state index contributed by atoms with van der Waals surface area (Å²) in [4.78, 5) is 3.54. The van der Waals surface area contributed by atoms with Gasteiger partial charge in [-0.25, -0.2) is 0 Å². The van der Waals surface area contributed by atoms with Gasteiger partial charge in [0.05, 0.1) is 18.7 Å². The van der Waals surface area contributed by atoms with E-state index < -0.39 is 0 Å². The number of benzene rings is 9. The van der Waals surface area contributed by atoms with Crippen molar-refractivity contribution in [1.82, 2.24) is 4.98 Å². The van der Waals surface area contributed by atoms with Gasteiger partial charge in [-0.05, 0) is 139 Å². The second-order valence-electron chi connectivity index (χ2n) is 25.1. The fraction of sp³-hybridized carbons (Fsp3) is 0.250. The number of rotatable bonds is 22. The van der Waals surface area contributed by atoms with E-state index in [1.54, 1.807) is 0 Å².